The number of amides is 1. The predicted octanol–water partition coefficient (Wildman–Crippen LogP) is 3.66. The summed E-state index contributed by atoms with van der Waals surface area (Å²) in [5, 5.41) is 3.59. The van der Waals surface area contributed by atoms with E-state index in [2.05, 4.69) is 19.2 Å². The van der Waals surface area contributed by atoms with E-state index < -0.39 is 0 Å². The van der Waals surface area contributed by atoms with E-state index in [0.29, 0.717) is 5.02 Å². The molecular weight excluding hydrogens is 234 g/mol. The second-order valence-corrected chi connectivity index (χ2v) is 4.28. The number of carbonyl (C=O) groups excluding carboxylic acids is 1. The lowest BCUT2D eigenvalue weighted by Crippen LogP contribution is -2.32. The molecule has 0 unspecified atom stereocenters. The molecule has 1 N–H and O–H groups in total. The highest BCUT2D eigenvalue weighted by Gasteiger charge is 2.05. The Morgan fingerprint density at radius 1 is 1.35 bits per heavy atom. The Kier molecular flexibility index (Phi) is 5.78. The molecule has 0 aliphatic carbocycles. The van der Waals surface area contributed by atoms with Crippen LogP contribution in [0.1, 0.15) is 32.3 Å². The van der Waals surface area contributed by atoms with E-state index in [0.717, 1.165) is 18.4 Å². The largest absolute Gasteiger partial charge is 0.350 e. The van der Waals surface area contributed by atoms with Gasteiger partial charge in [0.2, 0.25) is 5.91 Å². The summed E-state index contributed by atoms with van der Waals surface area (Å²) in [7, 11) is 0. The fourth-order valence-corrected chi connectivity index (χ4v) is 1.72. The summed E-state index contributed by atoms with van der Waals surface area (Å²) in [4.78, 5) is 11.6. The number of hydrogen-bond donors (Lipinski definition) is 1. The van der Waals surface area contributed by atoms with Crippen molar-refractivity contribution in [1.82, 2.24) is 5.32 Å². The Morgan fingerprint density at radius 3 is 2.59 bits per heavy atom. The molecule has 3 heteroatoms. The first-order valence-electron chi connectivity index (χ1n) is 5.90. The maximum atomic E-state index is 11.6. The first-order valence-corrected chi connectivity index (χ1v) is 6.28. The highest BCUT2D eigenvalue weighted by molar-refractivity contribution is 6.32. The van der Waals surface area contributed by atoms with E-state index in [4.69, 9.17) is 11.6 Å². The smallest absolute Gasteiger partial charge is 0.244 e. The quantitative estimate of drug-likeness (QED) is 0.795. The average Bonchev–Trinajstić information content (AvgIpc) is 2.35. The Hall–Kier alpha value is -1.28. The number of halogens is 1. The first kappa shape index (κ1) is 13.8. The zero-order chi connectivity index (χ0) is 12.7. The van der Waals surface area contributed by atoms with Gasteiger partial charge in [0, 0.05) is 17.1 Å². The van der Waals surface area contributed by atoms with E-state index in [1.54, 1.807) is 12.1 Å². The summed E-state index contributed by atoms with van der Waals surface area (Å²) in [5.74, 6) is -0.0707. The first-order chi connectivity index (χ1) is 8.17. The molecule has 0 radical (unpaired) electrons. The number of carbonyl (C=O) groups is 1. The van der Waals surface area contributed by atoms with Gasteiger partial charge in [-0.05, 0) is 30.5 Å². The summed E-state index contributed by atoms with van der Waals surface area (Å²) in [5.41, 5.74) is 0.855. The summed E-state index contributed by atoms with van der Waals surface area (Å²) in [6.45, 7) is 4.12. The summed E-state index contributed by atoms with van der Waals surface area (Å²) in [6.07, 6.45) is 5.16. The van der Waals surface area contributed by atoms with Gasteiger partial charge in [0.15, 0.2) is 0 Å². The van der Waals surface area contributed by atoms with Crippen LogP contribution in [0.5, 0.6) is 0 Å². The van der Waals surface area contributed by atoms with Crippen molar-refractivity contribution in [2.45, 2.75) is 32.7 Å². The van der Waals surface area contributed by atoms with Crippen LogP contribution in [0.25, 0.3) is 6.08 Å². The van der Waals surface area contributed by atoms with Gasteiger partial charge in [-0.1, -0.05) is 43.6 Å². The van der Waals surface area contributed by atoms with Crippen molar-refractivity contribution in [2.24, 2.45) is 0 Å². The molecule has 0 aliphatic rings. The lowest BCUT2D eigenvalue weighted by molar-refractivity contribution is -0.117. The molecule has 17 heavy (non-hydrogen) atoms. The van der Waals surface area contributed by atoms with Gasteiger partial charge in [-0.3, -0.25) is 4.79 Å². The monoisotopic (exact) mass is 251 g/mol. The van der Waals surface area contributed by atoms with Crippen LogP contribution in [0, 0.1) is 0 Å². The predicted molar refractivity (Wildman–Crippen MR) is 73.0 cm³/mol. The molecule has 0 saturated heterocycles. The highest BCUT2D eigenvalue weighted by Crippen LogP contribution is 2.16. The van der Waals surface area contributed by atoms with E-state index in [1.807, 2.05) is 18.2 Å². The molecule has 0 saturated carbocycles. The Labute approximate surface area is 108 Å². The van der Waals surface area contributed by atoms with Crippen molar-refractivity contribution in [3.63, 3.8) is 0 Å². The molecule has 0 fully saturated rings. The SMILES string of the molecule is CCC(CC)NC(=O)/C=C/c1ccccc1Cl. The van der Waals surface area contributed by atoms with Crippen LogP contribution in [0.15, 0.2) is 30.3 Å². The van der Waals surface area contributed by atoms with Crippen molar-refractivity contribution < 1.29 is 4.79 Å². The van der Waals surface area contributed by atoms with E-state index in [1.165, 1.54) is 6.08 Å². The molecule has 1 rings (SSSR count). The fraction of sp³-hybridized carbons (Fsp3) is 0.357. The lowest BCUT2D eigenvalue weighted by Gasteiger charge is -2.12. The van der Waals surface area contributed by atoms with Crippen molar-refractivity contribution in [3.8, 4) is 0 Å². The van der Waals surface area contributed by atoms with Crippen LogP contribution in [0.4, 0.5) is 0 Å². The van der Waals surface area contributed by atoms with Crippen LogP contribution in [-0.2, 0) is 4.79 Å². The van der Waals surface area contributed by atoms with Crippen LogP contribution in [-0.4, -0.2) is 11.9 Å². The van der Waals surface area contributed by atoms with Gasteiger partial charge in [-0.15, -0.1) is 0 Å². The number of benzene rings is 1. The normalized spacial score (nSPS) is 11.1. The number of rotatable bonds is 5. The molecular formula is C14H18ClNO. The lowest BCUT2D eigenvalue weighted by atomic mass is 10.1. The Balaban J connectivity index is 2.60. The molecule has 1 aromatic rings. The Bertz CT molecular complexity index is 397. The van der Waals surface area contributed by atoms with Crippen LogP contribution < -0.4 is 5.32 Å². The van der Waals surface area contributed by atoms with Gasteiger partial charge in [-0.2, -0.15) is 0 Å². The molecule has 1 aromatic carbocycles. The second-order valence-electron chi connectivity index (χ2n) is 3.88. The molecule has 0 bridgehead atoms. The molecule has 0 heterocycles. The van der Waals surface area contributed by atoms with Gasteiger partial charge in [0.25, 0.3) is 0 Å². The molecule has 92 valence electrons. The van der Waals surface area contributed by atoms with Crippen molar-refractivity contribution in [3.05, 3.63) is 40.9 Å². The second kappa shape index (κ2) is 7.13. The fourth-order valence-electron chi connectivity index (χ4n) is 1.52. The molecule has 0 spiro atoms. The Morgan fingerprint density at radius 2 is 2.00 bits per heavy atom. The highest BCUT2D eigenvalue weighted by atomic mass is 35.5. The minimum atomic E-state index is -0.0707. The number of nitrogens with one attached hydrogen (secondary N) is 1. The van der Waals surface area contributed by atoms with Crippen molar-refractivity contribution in [1.29, 1.82) is 0 Å². The summed E-state index contributed by atoms with van der Waals surface area (Å²) in [6, 6.07) is 7.69. The topological polar surface area (TPSA) is 29.1 Å². The third kappa shape index (κ3) is 4.61. The van der Waals surface area contributed by atoms with Gasteiger partial charge < -0.3 is 5.32 Å². The van der Waals surface area contributed by atoms with Gasteiger partial charge in [-0.25, -0.2) is 0 Å². The van der Waals surface area contributed by atoms with E-state index in [9.17, 15) is 4.79 Å². The van der Waals surface area contributed by atoms with E-state index in [-0.39, 0.29) is 11.9 Å². The minimum Gasteiger partial charge on any atom is -0.350 e. The summed E-state index contributed by atoms with van der Waals surface area (Å²) >= 11 is 5.99. The number of hydrogen-bond acceptors (Lipinski definition) is 1. The van der Waals surface area contributed by atoms with E-state index >= 15 is 0 Å². The van der Waals surface area contributed by atoms with Gasteiger partial charge in [0.05, 0.1) is 0 Å². The molecule has 0 aromatic heterocycles. The average molecular weight is 252 g/mol. The van der Waals surface area contributed by atoms with Gasteiger partial charge in [0.1, 0.15) is 0 Å². The third-order valence-electron chi connectivity index (χ3n) is 2.65. The maximum Gasteiger partial charge on any atom is 0.244 e. The minimum absolute atomic E-state index is 0.0707. The van der Waals surface area contributed by atoms with Crippen LogP contribution >= 0.6 is 11.6 Å². The molecule has 0 aliphatic heterocycles. The van der Waals surface area contributed by atoms with Crippen molar-refractivity contribution >= 4 is 23.6 Å². The van der Waals surface area contributed by atoms with Crippen LogP contribution in [0.3, 0.4) is 0 Å². The maximum absolute atomic E-state index is 11.6. The zero-order valence-electron chi connectivity index (χ0n) is 10.2. The van der Waals surface area contributed by atoms with Crippen molar-refractivity contribution in [2.75, 3.05) is 0 Å². The van der Waals surface area contributed by atoms with Gasteiger partial charge >= 0.3 is 0 Å². The standard InChI is InChI=1S/C14H18ClNO/c1-3-12(4-2)16-14(17)10-9-11-7-5-6-8-13(11)15/h5-10,12H,3-4H2,1-2H3,(H,16,17)/b10-9+. The molecule has 1 amide bonds. The zero-order valence-corrected chi connectivity index (χ0v) is 11.0. The molecule has 2 nitrogen and oxygen atoms in total. The third-order valence-corrected chi connectivity index (χ3v) is 3.00. The molecule has 0 atom stereocenters. The summed E-state index contributed by atoms with van der Waals surface area (Å²) < 4.78 is 0. The van der Waals surface area contributed by atoms with Crippen LogP contribution in [0.2, 0.25) is 5.02 Å².